The molecule has 0 aliphatic carbocycles. The number of nitrogens with zero attached hydrogens (tertiary/aromatic N) is 2. The lowest BCUT2D eigenvalue weighted by atomic mass is 10.3. The van der Waals surface area contributed by atoms with Gasteiger partial charge in [0.1, 0.15) is 5.69 Å². The van der Waals surface area contributed by atoms with Crippen molar-refractivity contribution in [2.24, 2.45) is 0 Å². The highest BCUT2D eigenvalue weighted by Gasteiger charge is 2.14. The Morgan fingerprint density at radius 1 is 1.45 bits per heavy atom. The monoisotopic (exact) mass is 349 g/mol. The van der Waals surface area contributed by atoms with E-state index in [1.807, 2.05) is 48.0 Å². The van der Waals surface area contributed by atoms with Crippen molar-refractivity contribution in [1.82, 2.24) is 9.55 Å². The number of aromatic nitrogens is 2. The van der Waals surface area contributed by atoms with Crippen molar-refractivity contribution in [3.8, 4) is 0 Å². The van der Waals surface area contributed by atoms with Crippen LogP contribution in [0.5, 0.6) is 0 Å². The van der Waals surface area contributed by atoms with Gasteiger partial charge in [-0.1, -0.05) is 23.5 Å². The minimum absolute atomic E-state index is 0.142. The maximum absolute atomic E-state index is 12.3. The van der Waals surface area contributed by atoms with Gasteiger partial charge in [0.15, 0.2) is 5.13 Å². The number of anilines is 1. The Hall–Kier alpha value is -1.66. The van der Waals surface area contributed by atoms with E-state index in [0.717, 1.165) is 21.2 Å². The zero-order chi connectivity index (χ0) is 14.1. The number of carbonyl (C=O) groups is 1. The highest BCUT2D eigenvalue weighted by atomic mass is 79.9. The molecule has 0 fully saturated rings. The molecule has 6 heteroatoms. The van der Waals surface area contributed by atoms with E-state index in [4.69, 9.17) is 0 Å². The number of carbonyl (C=O) groups excluding carboxylic acids is 1. The average Bonchev–Trinajstić information content (AvgIpc) is 3.00. The minimum Gasteiger partial charge on any atom is -0.343 e. The molecule has 3 aromatic rings. The number of fused-ring (bicyclic) bond motifs is 1. The van der Waals surface area contributed by atoms with Crippen molar-refractivity contribution in [2.45, 2.75) is 13.5 Å². The highest BCUT2D eigenvalue weighted by molar-refractivity contribution is 9.10. The van der Waals surface area contributed by atoms with Gasteiger partial charge in [-0.3, -0.25) is 10.1 Å². The number of para-hydroxylation sites is 1. The van der Waals surface area contributed by atoms with Crippen molar-refractivity contribution in [3.63, 3.8) is 0 Å². The maximum atomic E-state index is 12.3. The van der Waals surface area contributed by atoms with Crippen LogP contribution in [0.3, 0.4) is 0 Å². The SMILES string of the molecule is CCn1cc(Br)cc1C(=O)Nc1nc2ccccc2s1. The Labute approximate surface area is 128 Å². The van der Waals surface area contributed by atoms with Crippen LogP contribution in [0.1, 0.15) is 17.4 Å². The van der Waals surface area contributed by atoms with Crippen molar-refractivity contribution in [3.05, 3.63) is 46.7 Å². The molecule has 0 spiro atoms. The van der Waals surface area contributed by atoms with Gasteiger partial charge in [-0.05, 0) is 41.1 Å². The van der Waals surface area contributed by atoms with Crippen LogP contribution in [0, 0.1) is 0 Å². The fourth-order valence-corrected chi connectivity index (χ4v) is 3.34. The van der Waals surface area contributed by atoms with Crippen molar-refractivity contribution in [1.29, 1.82) is 0 Å². The number of nitrogens with one attached hydrogen (secondary N) is 1. The molecule has 1 aromatic carbocycles. The Balaban J connectivity index is 1.88. The third-order valence-corrected chi connectivity index (χ3v) is 4.34. The van der Waals surface area contributed by atoms with Crippen LogP contribution < -0.4 is 5.32 Å². The second-order valence-corrected chi connectivity index (χ2v) is 6.22. The number of halogens is 1. The maximum Gasteiger partial charge on any atom is 0.274 e. The number of hydrogen-bond acceptors (Lipinski definition) is 3. The summed E-state index contributed by atoms with van der Waals surface area (Å²) >= 11 is 4.87. The molecular formula is C14H12BrN3OS. The highest BCUT2D eigenvalue weighted by Crippen LogP contribution is 2.26. The average molecular weight is 350 g/mol. The third-order valence-electron chi connectivity index (χ3n) is 2.95. The predicted molar refractivity (Wildman–Crippen MR) is 85.4 cm³/mol. The molecule has 0 aliphatic rings. The Kier molecular flexibility index (Phi) is 3.58. The first-order valence-electron chi connectivity index (χ1n) is 6.20. The lowest BCUT2D eigenvalue weighted by Gasteiger charge is -2.04. The van der Waals surface area contributed by atoms with Crippen molar-refractivity contribution in [2.75, 3.05) is 5.32 Å². The molecule has 4 nitrogen and oxygen atoms in total. The van der Waals surface area contributed by atoms with E-state index in [0.29, 0.717) is 10.8 Å². The summed E-state index contributed by atoms with van der Waals surface area (Å²) < 4.78 is 3.86. The number of amides is 1. The Bertz CT molecular complexity index is 745. The van der Waals surface area contributed by atoms with Crippen LogP contribution >= 0.6 is 27.3 Å². The van der Waals surface area contributed by atoms with E-state index in [-0.39, 0.29) is 5.91 Å². The Morgan fingerprint density at radius 3 is 3.00 bits per heavy atom. The summed E-state index contributed by atoms with van der Waals surface area (Å²) in [4.78, 5) is 16.7. The van der Waals surface area contributed by atoms with Gasteiger partial charge in [0.2, 0.25) is 0 Å². The summed E-state index contributed by atoms with van der Waals surface area (Å²) in [5, 5.41) is 3.48. The first-order valence-corrected chi connectivity index (χ1v) is 7.81. The molecule has 2 aromatic heterocycles. The van der Waals surface area contributed by atoms with Crippen LogP contribution in [-0.2, 0) is 6.54 Å². The molecule has 0 saturated carbocycles. The van der Waals surface area contributed by atoms with E-state index in [2.05, 4.69) is 26.2 Å². The fraction of sp³-hybridized carbons (Fsp3) is 0.143. The number of thiazole rings is 1. The standard InChI is InChI=1S/C14H12BrN3OS/c1-2-18-8-9(15)7-11(18)13(19)17-14-16-10-5-3-4-6-12(10)20-14/h3-8H,2H2,1H3,(H,16,17,19). The van der Waals surface area contributed by atoms with Crippen LogP contribution in [0.2, 0.25) is 0 Å². The number of aryl methyl sites for hydroxylation is 1. The summed E-state index contributed by atoms with van der Waals surface area (Å²) in [6.45, 7) is 2.75. The lowest BCUT2D eigenvalue weighted by Crippen LogP contribution is -2.16. The molecule has 102 valence electrons. The molecule has 0 aliphatic heterocycles. The van der Waals surface area contributed by atoms with Gasteiger partial charge < -0.3 is 4.57 Å². The molecule has 0 bridgehead atoms. The molecule has 1 amide bonds. The smallest absolute Gasteiger partial charge is 0.274 e. The normalized spacial score (nSPS) is 10.9. The lowest BCUT2D eigenvalue weighted by molar-refractivity contribution is 0.101. The summed E-state index contributed by atoms with van der Waals surface area (Å²) in [6, 6.07) is 9.64. The van der Waals surface area contributed by atoms with Gasteiger partial charge in [0, 0.05) is 17.2 Å². The molecule has 2 heterocycles. The van der Waals surface area contributed by atoms with Gasteiger partial charge in [-0.25, -0.2) is 4.98 Å². The predicted octanol–water partition coefficient (Wildman–Crippen LogP) is 4.13. The van der Waals surface area contributed by atoms with E-state index in [1.165, 1.54) is 11.3 Å². The van der Waals surface area contributed by atoms with Crippen LogP contribution in [-0.4, -0.2) is 15.5 Å². The minimum atomic E-state index is -0.142. The second kappa shape index (κ2) is 5.38. The van der Waals surface area contributed by atoms with Crippen molar-refractivity contribution < 1.29 is 4.79 Å². The molecular weight excluding hydrogens is 338 g/mol. The van der Waals surface area contributed by atoms with E-state index >= 15 is 0 Å². The topological polar surface area (TPSA) is 46.9 Å². The number of hydrogen-bond donors (Lipinski definition) is 1. The summed E-state index contributed by atoms with van der Waals surface area (Å²) in [7, 11) is 0. The van der Waals surface area contributed by atoms with Crippen LogP contribution in [0.4, 0.5) is 5.13 Å². The quantitative estimate of drug-likeness (QED) is 0.772. The molecule has 3 rings (SSSR count). The molecule has 0 atom stereocenters. The van der Waals surface area contributed by atoms with E-state index in [9.17, 15) is 4.79 Å². The van der Waals surface area contributed by atoms with E-state index < -0.39 is 0 Å². The van der Waals surface area contributed by atoms with E-state index in [1.54, 1.807) is 0 Å². The van der Waals surface area contributed by atoms with Gasteiger partial charge in [0.25, 0.3) is 5.91 Å². The molecule has 0 saturated heterocycles. The van der Waals surface area contributed by atoms with Crippen molar-refractivity contribution >= 4 is 48.5 Å². The Morgan fingerprint density at radius 2 is 2.25 bits per heavy atom. The number of benzene rings is 1. The summed E-state index contributed by atoms with van der Waals surface area (Å²) in [5.41, 5.74) is 1.53. The van der Waals surface area contributed by atoms with Gasteiger partial charge >= 0.3 is 0 Å². The zero-order valence-electron chi connectivity index (χ0n) is 10.8. The van der Waals surface area contributed by atoms with Crippen LogP contribution in [0.15, 0.2) is 41.0 Å². The van der Waals surface area contributed by atoms with Gasteiger partial charge in [0.05, 0.1) is 10.2 Å². The molecule has 1 N–H and O–H groups in total. The molecule has 0 unspecified atom stereocenters. The molecule has 20 heavy (non-hydrogen) atoms. The van der Waals surface area contributed by atoms with Crippen LogP contribution in [0.25, 0.3) is 10.2 Å². The second-order valence-electron chi connectivity index (χ2n) is 4.27. The zero-order valence-corrected chi connectivity index (χ0v) is 13.2. The first-order chi connectivity index (χ1) is 9.67. The van der Waals surface area contributed by atoms with Gasteiger partial charge in [-0.15, -0.1) is 0 Å². The fourth-order valence-electron chi connectivity index (χ4n) is 2.01. The van der Waals surface area contributed by atoms with Gasteiger partial charge in [-0.2, -0.15) is 0 Å². The number of rotatable bonds is 3. The summed E-state index contributed by atoms with van der Waals surface area (Å²) in [5.74, 6) is -0.142. The third kappa shape index (κ3) is 2.48. The largest absolute Gasteiger partial charge is 0.343 e. The molecule has 0 radical (unpaired) electrons. The summed E-state index contributed by atoms with van der Waals surface area (Å²) in [6.07, 6.45) is 1.90. The first kappa shape index (κ1) is 13.3.